The van der Waals surface area contributed by atoms with E-state index in [4.69, 9.17) is 5.73 Å². The molecule has 1 aromatic heterocycles. The number of benzene rings is 1. The fourth-order valence-electron chi connectivity index (χ4n) is 1.67. The number of carbonyl (C=O) groups is 2. The smallest absolute Gasteiger partial charge is 0.150 e. The molecular weight excluding hydrogens is 292 g/mol. The lowest BCUT2D eigenvalue weighted by molar-refractivity contribution is -0.123. The Labute approximate surface area is 125 Å². The SMILES string of the molecule is CC(=O)C(Sc1nc(-c2ccccc2)sc1N)C(C)=O. The number of hydrogen-bond acceptors (Lipinski definition) is 6. The van der Waals surface area contributed by atoms with Crippen molar-refractivity contribution in [1.29, 1.82) is 0 Å². The number of aromatic nitrogens is 1. The predicted octanol–water partition coefficient (Wildman–Crippen LogP) is 3.03. The van der Waals surface area contributed by atoms with Crippen molar-refractivity contribution in [2.24, 2.45) is 0 Å². The molecular formula is C14H14N2O2S2. The maximum atomic E-state index is 11.5. The molecule has 1 aromatic carbocycles. The summed E-state index contributed by atoms with van der Waals surface area (Å²) >= 11 is 2.48. The summed E-state index contributed by atoms with van der Waals surface area (Å²) < 4.78 is 0. The second-order valence-electron chi connectivity index (χ2n) is 4.27. The monoisotopic (exact) mass is 306 g/mol. The number of nitrogen functional groups attached to an aromatic ring is 1. The van der Waals surface area contributed by atoms with Crippen molar-refractivity contribution in [2.45, 2.75) is 24.1 Å². The number of hydrogen-bond donors (Lipinski definition) is 1. The number of Topliss-reactive ketones (excluding diaryl/α,β-unsaturated/α-hetero) is 2. The molecule has 4 nitrogen and oxygen atoms in total. The van der Waals surface area contributed by atoms with E-state index in [-0.39, 0.29) is 11.6 Å². The minimum absolute atomic E-state index is 0.184. The van der Waals surface area contributed by atoms with Gasteiger partial charge in [-0.3, -0.25) is 9.59 Å². The standard InChI is InChI=1S/C14H14N2O2S2/c1-8(17)11(9(2)18)19-14-12(15)20-13(16-14)10-6-4-3-5-7-10/h3-7,11H,15H2,1-2H3. The van der Waals surface area contributed by atoms with E-state index in [0.29, 0.717) is 10.0 Å². The fourth-order valence-corrected chi connectivity index (χ4v) is 3.55. The van der Waals surface area contributed by atoms with Crippen molar-refractivity contribution in [3.8, 4) is 10.6 Å². The van der Waals surface area contributed by atoms with E-state index in [1.807, 2.05) is 30.3 Å². The zero-order chi connectivity index (χ0) is 14.7. The molecule has 0 amide bonds. The summed E-state index contributed by atoms with van der Waals surface area (Å²) in [7, 11) is 0. The number of anilines is 1. The molecule has 104 valence electrons. The topological polar surface area (TPSA) is 73.1 Å². The summed E-state index contributed by atoms with van der Waals surface area (Å²) in [5.74, 6) is -0.368. The molecule has 2 N–H and O–H groups in total. The highest BCUT2D eigenvalue weighted by Gasteiger charge is 2.24. The quantitative estimate of drug-likeness (QED) is 0.679. The van der Waals surface area contributed by atoms with Crippen LogP contribution in [0.5, 0.6) is 0 Å². The third-order valence-corrected chi connectivity index (χ3v) is 5.11. The van der Waals surface area contributed by atoms with Crippen molar-refractivity contribution in [2.75, 3.05) is 5.73 Å². The van der Waals surface area contributed by atoms with E-state index in [0.717, 1.165) is 22.3 Å². The van der Waals surface area contributed by atoms with Gasteiger partial charge in [-0.15, -0.1) is 0 Å². The van der Waals surface area contributed by atoms with Gasteiger partial charge in [0.05, 0.1) is 0 Å². The minimum Gasteiger partial charge on any atom is -0.388 e. The molecule has 0 aliphatic carbocycles. The lowest BCUT2D eigenvalue weighted by atomic mass is 10.2. The first-order valence-corrected chi connectivity index (χ1v) is 7.68. The van der Waals surface area contributed by atoms with Gasteiger partial charge in [0.1, 0.15) is 20.3 Å². The summed E-state index contributed by atoms with van der Waals surface area (Å²) in [5.41, 5.74) is 6.91. The Morgan fingerprint density at radius 2 is 1.80 bits per heavy atom. The molecule has 0 bridgehead atoms. The first-order chi connectivity index (χ1) is 9.49. The number of carbonyl (C=O) groups excluding carboxylic acids is 2. The molecule has 2 aromatic rings. The lowest BCUT2D eigenvalue weighted by Gasteiger charge is -2.07. The summed E-state index contributed by atoms with van der Waals surface area (Å²) in [5, 5.41) is 1.13. The molecule has 0 spiro atoms. The summed E-state index contributed by atoms with van der Waals surface area (Å²) in [4.78, 5) is 27.4. The molecule has 1 heterocycles. The van der Waals surface area contributed by atoms with Gasteiger partial charge >= 0.3 is 0 Å². The molecule has 0 radical (unpaired) electrons. The molecule has 6 heteroatoms. The third kappa shape index (κ3) is 3.26. The Morgan fingerprint density at radius 3 is 2.35 bits per heavy atom. The number of ketones is 2. The van der Waals surface area contributed by atoms with Gasteiger partial charge in [-0.1, -0.05) is 53.4 Å². The Hall–Kier alpha value is -1.66. The van der Waals surface area contributed by atoms with Crippen LogP contribution in [-0.4, -0.2) is 21.8 Å². The first kappa shape index (κ1) is 14.7. The molecule has 0 aliphatic heterocycles. The predicted molar refractivity (Wildman–Crippen MR) is 83.0 cm³/mol. The van der Waals surface area contributed by atoms with Gasteiger partial charge in [0.25, 0.3) is 0 Å². The van der Waals surface area contributed by atoms with Crippen molar-refractivity contribution in [3.63, 3.8) is 0 Å². The van der Waals surface area contributed by atoms with Crippen molar-refractivity contribution < 1.29 is 9.59 Å². The molecule has 0 saturated heterocycles. The number of thiazole rings is 1. The maximum absolute atomic E-state index is 11.5. The van der Waals surface area contributed by atoms with E-state index in [2.05, 4.69) is 4.98 Å². The number of nitrogens with two attached hydrogens (primary N) is 1. The average Bonchev–Trinajstić information content (AvgIpc) is 2.77. The van der Waals surface area contributed by atoms with Gasteiger partial charge in [0.15, 0.2) is 11.6 Å². The van der Waals surface area contributed by atoms with Crippen LogP contribution in [0.4, 0.5) is 5.00 Å². The minimum atomic E-state index is -0.733. The molecule has 0 aliphatic rings. The van der Waals surface area contributed by atoms with E-state index < -0.39 is 5.25 Å². The Kier molecular flexibility index (Phi) is 4.57. The van der Waals surface area contributed by atoms with Crippen molar-refractivity contribution in [3.05, 3.63) is 30.3 Å². The summed E-state index contributed by atoms with van der Waals surface area (Å²) in [6, 6.07) is 9.67. The largest absolute Gasteiger partial charge is 0.388 e. The normalized spacial score (nSPS) is 10.8. The number of thioether (sulfide) groups is 1. The molecule has 2 rings (SSSR count). The van der Waals surface area contributed by atoms with Crippen LogP contribution in [-0.2, 0) is 9.59 Å². The van der Waals surface area contributed by atoms with Gasteiger partial charge in [-0.25, -0.2) is 4.98 Å². The zero-order valence-corrected chi connectivity index (χ0v) is 12.8. The van der Waals surface area contributed by atoms with Crippen LogP contribution < -0.4 is 5.73 Å². The third-order valence-electron chi connectivity index (χ3n) is 2.61. The van der Waals surface area contributed by atoms with Gasteiger partial charge in [-0.2, -0.15) is 0 Å². The van der Waals surface area contributed by atoms with Crippen LogP contribution in [0.2, 0.25) is 0 Å². The lowest BCUT2D eigenvalue weighted by Crippen LogP contribution is -2.22. The summed E-state index contributed by atoms with van der Waals surface area (Å²) in [6.45, 7) is 2.81. The second-order valence-corrected chi connectivity index (χ2v) is 6.40. The fraction of sp³-hybridized carbons (Fsp3) is 0.214. The molecule has 0 atom stereocenters. The highest BCUT2D eigenvalue weighted by molar-refractivity contribution is 8.01. The van der Waals surface area contributed by atoms with Crippen LogP contribution in [0.25, 0.3) is 10.6 Å². The van der Waals surface area contributed by atoms with E-state index >= 15 is 0 Å². The van der Waals surface area contributed by atoms with Crippen LogP contribution in [0.3, 0.4) is 0 Å². The number of nitrogens with zero attached hydrogens (tertiary/aromatic N) is 1. The second kappa shape index (κ2) is 6.19. The van der Waals surface area contributed by atoms with Crippen molar-refractivity contribution >= 4 is 39.7 Å². The van der Waals surface area contributed by atoms with Gasteiger partial charge in [0.2, 0.25) is 0 Å². The highest BCUT2D eigenvalue weighted by atomic mass is 32.2. The van der Waals surface area contributed by atoms with Crippen LogP contribution in [0.1, 0.15) is 13.8 Å². The summed E-state index contributed by atoms with van der Waals surface area (Å²) in [6.07, 6.45) is 0. The molecule has 0 unspecified atom stereocenters. The van der Waals surface area contributed by atoms with Crippen LogP contribution in [0, 0.1) is 0 Å². The van der Waals surface area contributed by atoms with Crippen molar-refractivity contribution in [1.82, 2.24) is 4.98 Å². The maximum Gasteiger partial charge on any atom is 0.150 e. The van der Waals surface area contributed by atoms with E-state index in [9.17, 15) is 9.59 Å². The highest BCUT2D eigenvalue weighted by Crippen LogP contribution is 2.37. The van der Waals surface area contributed by atoms with E-state index in [1.165, 1.54) is 25.2 Å². The van der Waals surface area contributed by atoms with Gasteiger partial charge in [-0.05, 0) is 13.8 Å². The Balaban J connectivity index is 2.28. The number of rotatable bonds is 5. The Bertz CT molecular complexity index is 624. The van der Waals surface area contributed by atoms with E-state index in [1.54, 1.807) is 0 Å². The Morgan fingerprint density at radius 1 is 1.20 bits per heavy atom. The molecule has 20 heavy (non-hydrogen) atoms. The van der Waals surface area contributed by atoms with Gasteiger partial charge < -0.3 is 5.73 Å². The average molecular weight is 306 g/mol. The van der Waals surface area contributed by atoms with Crippen LogP contribution in [0.15, 0.2) is 35.4 Å². The molecule has 0 fully saturated rings. The zero-order valence-electron chi connectivity index (χ0n) is 11.1. The molecule has 0 saturated carbocycles. The first-order valence-electron chi connectivity index (χ1n) is 5.98. The van der Waals surface area contributed by atoms with Gasteiger partial charge in [0, 0.05) is 5.56 Å². The van der Waals surface area contributed by atoms with Crippen LogP contribution >= 0.6 is 23.1 Å².